The highest BCUT2D eigenvalue weighted by atomic mass is 19.1. The number of phenolic OH excluding ortho intramolecular Hbond substituents is 1. The molecule has 0 bridgehead atoms. The second-order valence-corrected chi connectivity index (χ2v) is 6.48. The molecule has 0 heterocycles. The molecule has 0 atom stereocenters. The molecule has 4 heteroatoms. The maximum absolute atomic E-state index is 13.7. The highest BCUT2D eigenvalue weighted by Gasteiger charge is 2.31. The Balaban J connectivity index is 2.09. The zero-order chi connectivity index (χ0) is 14.9. The zero-order valence-corrected chi connectivity index (χ0v) is 12.3. The first-order valence-electron chi connectivity index (χ1n) is 7.06. The lowest BCUT2D eigenvalue weighted by molar-refractivity contribution is 0.0631. The van der Waals surface area contributed by atoms with Crippen LogP contribution in [0.5, 0.6) is 5.75 Å². The van der Waals surface area contributed by atoms with Crippen molar-refractivity contribution >= 4 is 5.91 Å². The molecule has 1 saturated carbocycles. The van der Waals surface area contributed by atoms with Crippen molar-refractivity contribution in [3.8, 4) is 5.75 Å². The minimum absolute atomic E-state index is 0.0233. The first kappa shape index (κ1) is 14.8. The van der Waals surface area contributed by atoms with E-state index < -0.39 is 5.82 Å². The van der Waals surface area contributed by atoms with Crippen LogP contribution in [-0.4, -0.2) is 29.0 Å². The number of hydrogen-bond acceptors (Lipinski definition) is 2. The summed E-state index contributed by atoms with van der Waals surface area (Å²) in [6.45, 7) is 4.48. The molecule has 3 nitrogen and oxygen atoms in total. The van der Waals surface area contributed by atoms with Gasteiger partial charge in [-0.25, -0.2) is 4.39 Å². The second kappa shape index (κ2) is 5.43. The van der Waals surface area contributed by atoms with E-state index in [-0.39, 0.29) is 23.3 Å². The molecule has 2 rings (SSSR count). The fourth-order valence-electron chi connectivity index (χ4n) is 2.80. The van der Waals surface area contributed by atoms with Gasteiger partial charge in [0.2, 0.25) is 0 Å². The van der Waals surface area contributed by atoms with Gasteiger partial charge in [0.05, 0.1) is 5.56 Å². The summed E-state index contributed by atoms with van der Waals surface area (Å²) < 4.78 is 13.7. The van der Waals surface area contributed by atoms with E-state index in [0.29, 0.717) is 5.41 Å². The summed E-state index contributed by atoms with van der Waals surface area (Å²) in [6.07, 6.45) is 4.06. The van der Waals surface area contributed by atoms with Crippen molar-refractivity contribution < 1.29 is 14.3 Å². The monoisotopic (exact) mass is 279 g/mol. The van der Waals surface area contributed by atoms with Gasteiger partial charge in [-0.05, 0) is 43.2 Å². The number of aromatic hydroxyl groups is 1. The molecule has 0 aliphatic heterocycles. The Morgan fingerprint density at radius 3 is 2.50 bits per heavy atom. The van der Waals surface area contributed by atoms with Crippen molar-refractivity contribution in [1.82, 2.24) is 4.90 Å². The van der Waals surface area contributed by atoms with E-state index in [4.69, 9.17) is 0 Å². The quantitative estimate of drug-likeness (QED) is 0.899. The van der Waals surface area contributed by atoms with E-state index in [0.717, 1.165) is 31.7 Å². The second-order valence-electron chi connectivity index (χ2n) is 6.48. The number of amides is 1. The van der Waals surface area contributed by atoms with Crippen LogP contribution < -0.4 is 0 Å². The van der Waals surface area contributed by atoms with Crippen LogP contribution in [0.4, 0.5) is 4.39 Å². The average molecular weight is 279 g/mol. The van der Waals surface area contributed by atoms with E-state index in [1.165, 1.54) is 12.1 Å². The fraction of sp³-hybridized carbons (Fsp3) is 0.562. The van der Waals surface area contributed by atoms with Gasteiger partial charge in [-0.3, -0.25) is 4.79 Å². The first-order valence-corrected chi connectivity index (χ1v) is 7.06. The van der Waals surface area contributed by atoms with Gasteiger partial charge in [0.1, 0.15) is 11.6 Å². The highest BCUT2D eigenvalue weighted by molar-refractivity contribution is 5.94. The van der Waals surface area contributed by atoms with Crippen LogP contribution in [0.3, 0.4) is 0 Å². The number of benzene rings is 1. The molecule has 1 aromatic rings. The Morgan fingerprint density at radius 2 is 1.95 bits per heavy atom. The Hall–Kier alpha value is -1.58. The smallest absolute Gasteiger partial charge is 0.256 e. The van der Waals surface area contributed by atoms with Gasteiger partial charge in [0.15, 0.2) is 0 Å². The molecule has 1 aliphatic carbocycles. The van der Waals surface area contributed by atoms with E-state index >= 15 is 0 Å². The molecular formula is C16H22FNO2. The molecule has 0 radical (unpaired) electrons. The van der Waals surface area contributed by atoms with Crippen molar-refractivity contribution in [2.45, 2.75) is 45.6 Å². The van der Waals surface area contributed by atoms with Crippen molar-refractivity contribution in [3.63, 3.8) is 0 Å². The third kappa shape index (κ3) is 3.11. The highest BCUT2D eigenvalue weighted by Crippen LogP contribution is 2.37. The predicted octanol–water partition coefficient (Wildman–Crippen LogP) is 3.57. The third-order valence-corrected chi connectivity index (χ3v) is 4.36. The van der Waals surface area contributed by atoms with E-state index in [1.807, 2.05) is 0 Å². The summed E-state index contributed by atoms with van der Waals surface area (Å²) in [5.41, 5.74) is 0.361. The average Bonchev–Trinajstić information content (AvgIpc) is 2.37. The van der Waals surface area contributed by atoms with Crippen LogP contribution in [0.2, 0.25) is 0 Å². The standard InChI is InChI=1S/C16H22FNO2/c1-16(2)8-6-11(7-9-16)18(3)15(20)13-5-4-12(19)10-14(13)17/h4-5,10-11,19H,6-9H2,1-3H3. The number of rotatable bonds is 2. The van der Waals surface area contributed by atoms with E-state index in [2.05, 4.69) is 13.8 Å². The van der Waals surface area contributed by atoms with Crippen LogP contribution >= 0.6 is 0 Å². The molecule has 0 aromatic heterocycles. The minimum Gasteiger partial charge on any atom is -0.508 e. The Bertz CT molecular complexity index is 503. The van der Waals surface area contributed by atoms with Crippen LogP contribution in [0.15, 0.2) is 18.2 Å². The normalized spacial score (nSPS) is 18.8. The predicted molar refractivity (Wildman–Crippen MR) is 76.2 cm³/mol. The van der Waals surface area contributed by atoms with Crippen molar-refractivity contribution in [2.24, 2.45) is 5.41 Å². The maximum Gasteiger partial charge on any atom is 0.256 e. The number of carbonyl (C=O) groups is 1. The van der Waals surface area contributed by atoms with Gasteiger partial charge in [-0.15, -0.1) is 0 Å². The Labute approximate surface area is 119 Å². The largest absolute Gasteiger partial charge is 0.508 e. The SMILES string of the molecule is CN(C(=O)c1ccc(O)cc1F)C1CCC(C)(C)CC1. The summed E-state index contributed by atoms with van der Waals surface area (Å²) in [4.78, 5) is 14.0. The molecule has 0 unspecified atom stereocenters. The van der Waals surface area contributed by atoms with Crippen molar-refractivity contribution in [3.05, 3.63) is 29.6 Å². The Morgan fingerprint density at radius 1 is 1.35 bits per heavy atom. The molecule has 20 heavy (non-hydrogen) atoms. The van der Waals surface area contributed by atoms with Crippen LogP contribution in [0.25, 0.3) is 0 Å². The molecule has 110 valence electrons. The van der Waals surface area contributed by atoms with Gasteiger partial charge in [-0.1, -0.05) is 13.8 Å². The van der Waals surface area contributed by atoms with Gasteiger partial charge in [0, 0.05) is 19.2 Å². The lowest BCUT2D eigenvalue weighted by atomic mass is 9.75. The number of halogens is 1. The topological polar surface area (TPSA) is 40.5 Å². The number of nitrogens with zero attached hydrogens (tertiary/aromatic N) is 1. The van der Waals surface area contributed by atoms with Crippen molar-refractivity contribution in [1.29, 1.82) is 0 Å². The summed E-state index contributed by atoms with van der Waals surface area (Å²) in [5, 5.41) is 9.20. The molecule has 0 saturated heterocycles. The van der Waals surface area contributed by atoms with Gasteiger partial charge in [0.25, 0.3) is 5.91 Å². The maximum atomic E-state index is 13.7. The number of hydrogen-bond donors (Lipinski definition) is 1. The third-order valence-electron chi connectivity index (χ3n) is 4.36. The Kier molecular flexibility index (Phi) is 4.02. The van der Waals surface area contributed by atoms with Gasteiger partial charge in [-0.2, -0.15) is 0 Å². The molecular weight excluding hydrogens is 257 g/mol. The fourth-order valence-corrected chi connectivity index (χ4v) is 2.80. The molecule has 0 spiro atoms. The van der Waals surface area contributed by atoms with Crippen molar-refractivity contribution in [2.75, 3.05) is 7.05 Å². The zero-order valence-electron chi connectivity index (χ0n) is 12.3. The summed E-state index contributed by atoms with van der Waals surface area (Å²) in [6, 6.07) is 3.83. The van der Waals surface area contributed by atoms with Gasteiger partial charge >= 0.3 is 0 Å². The number of carbonyl (C=O) groups excluding carboxylic acids is 1. The lowest BCUT2D eigenvalue weighted by Crippen LogP contribution is -2.41. The molecule has 1 aromatic carbocycles. The van der Waals surface area contributed by atoms with Crippen LogP contribution in [0.1, 0.15) is 49.9 Å². The summed E-state index contributed by atoms with van der Waals surface area (Å²) >= 11 is 0. The lowest BCUT2D eigenvalue weighted by Gasteiger charge is -2.38. The first-order chi connectivity index (χ1) is 9.30. The molecule has 1 N–H and O–H groups in total. The summed E-state index contributed by atoms with van der Waals surface area (Å²) in [7, 11) is 1.73. The van der Waals surface area contributed by atoms with Crippen LogP contribution in [-0.2, 0) is 0 Å². The van der Waals surface area contributed by atoms with E-state index in [1.54, 1.807) is 11.9 Å². The molecule has 1 fully saturated rings. The minimum atomic E-state index is -0.669. The number of phenols is 1. The van der Waals surface area contributed by atoms with Crippen LogP contribution in [0, 0.1) is 11.2 Å². The van der Waals surface area contributed by atoms with E-state index in [9.17, 15) is 14.3 Å². The summed E-state index contributed by atoms with van der Waals surface area (Å²) in [5.74, 6) is -1.15. The molecule has 1 aliphatic rings. The molecule has 1 amide bonds. The van der Waals surface area contributed by atoms with Gasteiger partial charge < -0.3 is 10.0 Å².